The molecule has 1 aliphatic heterocycles. The molecule has 0 aliphatic carbocycles. The molecule has 1 saturated heterocycles. The quantitative estimate of drug-likeness (QED) is 0.878. The van der Waals surface area contributed by atoms with Gasteiger partial charge in [-0.3, -0.25) is 0 Å². The molecule has 0 unspecified atom stereocenters. The second-order valence-corrected chi connectivity index (χ2v) is 5.89. The Kier molecular flexibility index (Phi) is 5.23. The summed E-state index contributed by atoms with van der Waals surface area (Å²) in [7, 11) is 6.43. The van der Waals surface area contributed by atoms with Gasteiger partial charge in [-0.05, 0) is 63.6 Å². The zero-order valence-electron chi connectivity index (χ0n) is 12.5. The normalized spacial score (nSPS) is 17.9. The molecule has 19 heavy (non-hydrogen) atoms. The molecular formula is C16H27N3. The second kappa shape index (κ2) is 6.92. The predicted octanol–water partition coefficient (Wildman–Crippen LogP) is 2.50. The van der Waals surface area contributed by atoms with E-state index in [1.807, 2.05) is 7.05 Å². The van der Waals surface area contributed by atoms with Crippen LogP contribution in [0, 0.1) is 5.92 Å². The van der Waals surface area contributed by atoms with E-state index in [-0.39, 0.29) is 0 Å². The standard InChI is InChI=1S/C16H27N3/c1-17-16-6-4-14(5-7-16)12-19(3)13-15-8-10-18(2)11-9-15/h4-7,15,17H,8-13H2,1-3H3. The lowest BCUT2D eigenvalue weighted by Gasteiger charge is -2.31. The Balaban J connectivity index is 1.78. The first-order valence-electron chi connectivity index (χ1n) is 7.31. The fraction of sp³-hybridized carbons (Fsp3) is 0.625. The summed E-state index contributed by atoms with van der Waals surface area (Å²) < 4.78 is 0. The van der Waals surface area contributed by atoms with Crippen molar-refractivity contribution in [2.45, 2.75) is 19.4 Å². The van der Waals surface area contributed by atoms with Crippen LogP contribution in [0.4, 0.5) is 5.69 Å². The predicted molar refractivity (Wildman–Crippen MR) is 82.5 cm³/mol. The van der Waals surface area contributed by atoms with Crippen molar-refractivity contribution in [3.8, 4) is 0 Å². The third-order valence-corrected chi connectivity index (χ3v) is 4.10. The maximum absolute atomic E-state index is 3.16. The van der Waals surface area contributed by atoms with Gasteiger partial charge in [-0.2, -0.15) is 0 Å². The van der Waals surface area contributed by atoms with Crippen molar-refractivity contribution < 1.29 is 0 Å². The number of likely N-dealkylation sites (tertiary alicyclic amines) is 1. The topological polar surface area (TPSA) is 18.5 Å². The van der Waals surface area contributed by atoms with Crippen LogP contribution < -0.4 is 5.32 Å². The van der Waals surface area contributed by atoms with Crippen LogP contribution in [0.3, 0.4) is 0 Å². The zero-order valence-corrected chi connectivity index (χ0v) is 12.5. The number of rotatable bonds is 5. The first-order chi connectivity index (χ1) is 9.17. The molecular weight excluding hydrogens is 234 g/mol. The van der Waals surface area contributed by atoms with Crippen molar-refractivity contribution in [3.63, 3.8) is 0 Å². The van der Waals surface area contributed by atoms with Crippen molar-refractivity contribution in [1.82, 2.24) is 9.80 Å². The number of anilines is 1. The van der Waals surface area contributed by atoms with E-state index in [9.17, 15) is 0 Å². The van der Waals surface area contributed by atoms with Crippen LogP contribution in [0.15, 0.2) is 24.3 Å². The molecule has 1 aromatic carbocycles. The third-order valence-electron chi connectivity index (χ3n) is 4.10. The molecule has 0 amide bonds. The lowest BCUT2D eigenvalue weighted by molar-refractivity contribution is 0.173. The van der Waals surface area contributed by atoms with E-state index < -0.39 is 0 Å². The molecule has 1 aliphatic rings. The van der Waals surface area contributed by atoms with Gasteiger partial charge in [0.25, 0.3) is 0 Å². The van der Waals surface area contributed by atoms with E-state index in [1.54, 1.807) is 0 Å². The summed E-state index contributed by atoms with van der Waals surface area (Å²) in [5.41, 5.74) is 2.58. The highest BCUT2D eigenvalue weighted by Crippen LogP contribution is 2.18. The molecule has 0 atom stereocenters. The summed E-state index contributed by atoms with van der Waals surface area (Å²) in [4.78, 5) is 4.90. The summed E-state index contributed by atoms with van der Waals surface area (Å²) in [5, 5.41) is 3.16. The maximum atomic E-state index is 3.16. The first kappa shape index (κ1) is 14.4. The van der Waals surface area contributed by atoms with Gasteiger partial charge in [0.15, 0.2) is 0 Å². The molecule has 0 radical (unpaired) electrons. The SMILES string of the molecule is CNc1ccc(CN(C)CC2CCN(C)CC2)cc1. The van der Waals surface area contributed by atoms with Crippen LogP contribution in [-0.2, 0) is 6.54 Å². The van der Waals surface area contributed by atoms with Gasteiger partial charge in [-0.15, -0.1) is 0 Å². The Morgan fingerprint density at radius 2 is 1.84 bits per heavy atom. The summed E-state index contributed by atoms with van der Waals surface area (Å²) in [6.45, 7) is 4.79. The van der Waals surface area contributed by atoms with Gasteiger partial charge in [0, 0.05) is 25.8 Å². The number of benzene rings is 1. The highest BCUT2D eigenvalue weighted by atomic mass is 15.1. The maximum Gasteiger partial charge on any atom is 0.0337 e. The minimum Gasteiger partial charge on any atom is -0.388 e. The van der Waals surface area contributed by atoms with Crippen molar-refractivity contribution in [2.24, 2.45) is 5.92 Å². The fourth-order valence-electron chi connectivity index (χ4n) is 2.84. The lowest BCUT2D eigenvalue weighted by Crippen LogP contribution is -2.35. The molecule has 1 N–H and O–H groups in total. The Hall–Kier alpha value is -1.06. The van der Waals surface area contributed by atoms with Crippen LogP contribution in [-0.4, -0.2) is 50.6 Å². The molecule has 1 aromatic rings. The summed E-state index contributed by atoms with van der Waals surface area (Å²) >= 11 is 0. The summed E-state index contributed by atoms with van der Waals surface area (Å²) in [5.74, 6) is 0.873. The van der Waals surface area contributed by atoms with Crippen LogP contribution in [0.5, 0.6) is 0 Å². The lowest BCUT2D eigenvalue weighted by atomic mass is 9.96. The zero-order chi connectivity index (χ0) is 13.7. The molecule has 106 valence electrons. The van der Waals surface area contributed by atoms with E-state index >= 15 is 0 Å². The average Bonchev–Trinajstić information content (AvgIpc) is 2.42. The number of hydrogen-bond donors (Lipinski definition) is 1. The minimum absolute atomic E-state index is 0.873. The van der Waals surface area contributed by atoms with E-state index in [1.165, 1.54) is 43.7 Å². The number of nitrogens with one attached hydrogen (secondary N) is 1. The number of piperidine rings is 1. The summed E-state index contributed by atoms with van der Waals surface area (Å²) in [6.07, 6.45) is 2.69. The highest BCUT2D eigenvalue weighted by molar-refractivity contribution is 5.43. The van der Waals surface area contributed by atoms with Crippen LogP contribution in [0.25, 0.3) is 0 Å². The van der Waals surface area contributed by atoms with Crippen molar-refractivity contribution in [1.29, 1.82) is 0 Å². The van der Waals surface area contributed by atoms with Gasteiger partial charge in [-0.1, -0.05) is 12.1 Å². The second-order valence-electron chi connectivity index (χ2n) is 5.89. The fourth-order valence-corrected chi connectivity index (χ4v) is 2.84. The molecule has 1 heterocycles. The van der Waals surface area contributed by atoms with Crippen molar-refractivity contribution in [2.75, 3.05) is 46.1 Å². The molecule has 2 rings (SSSR count). The van der Waals surface area contributed by atoms with Crippen LogP contribution in [0.1, 0.15) is 18.4 Å². The van der Waals surface area contributed by atoms with Gasteiger partial charge < -0.3 is 15.1 Å². The summed E-state index contributed by atoms with van der Waals surface area (Å²) in [6, 6.07) is 8.74. The molecule has 1 fully saturated rings. The van der Waals surface area contributed by atoms with Gasteiger partial charge in [0.2, 0.25) is 0 Å². The molecule has 3 heteroatoms. The highest BCUT2D eigenvalue weighted by Gasteiger charge is 2.17. The Morgan fingerprint density at radius 3 is 2.42 bits per heavy atom. The van der Waals surface area contributed by atoms with Gasteiger partial charge >= 0.3 is 0 Å². The van der Waals surface area contributed by atoms with E-state index in [0.29, 0.717) is 0 Å². The Bertz CT molecular complexity index is 366. The molecule has 0 spiro atoms. The van der Waals surface area contributed by atoms with E-state index in [2.05, 4.69) is 53.5 Å². The molecule has 3 nitrogen and oxygen atoms in total. The van der Waals surface area contributed by atoms with E-state index in [4.69, 9.17) is 0 Å². The monoisotopic (exact) mass is 261 g/mol. The van der Waals surface area contributed by atoms with Gasteiger partial charge in [-0.25, -0.2) is 0 Å². The largest absolute Gasteiger partial charge is 0.388 e. The molecule has 0 bridgehead atoms. The van der Waals surface area contributed by atoms with Crippen LogP contribution in [0.2, 0.25) is 0 Å². The molecule has 0 saturated carbocycles. The number of hydrogen-bond acceptors (Lipinski definition) is 3. The third kappa shape index (κ3) is 4.51. The van der Waals surface area contributed by atoms with Gasteiger partial charge in [0.05, 0.1) is 0 Å². The van der Waals surface area contributed by atoms with Crippen molar-refractivity contribution in [3.05, 3.63) is 29.8 Å². The smallest absolute Gasteiger partial charge is 0.0337 e. The first-order valence-corrected chi connectivity index (χ1v) is 7.31. The Labute approximate surface area is 117 Å². The van der Waals surface area contributed by atoms with E-state index in [0.717, 1.165) is 12.5 Å². The van der Waals surface area contributed by atoms with Gasteiger partial charge in [0.1, 0.15) is 0 Å². The van der Waals surface area contributed by atoms with Crippen molar-refractivity contribution >= 4 is 5.69 Å². The van der Waals surface area contributed by atoms with Crippen LogP contribution >= 0.6 is 0 Å². The number of nitrogens with zero attached hydrogens (tertiary/aromatic N) is 2. The molecule has 0 aromatic heterocycles. The minimum atomic E-state index is 0.873. The Morgan fingerprint density at radius 1 is 1.21 bits per heavy atom. The average molecular weight is 261 g/mol.